The van der Waals surface area contributed by atoms with E-state index >= 15 is 0 Å². The molecule has 29 heavy (non-hydrogen) atoms. The molecule has 1 aliphatic rings. The Kier molecular flexibility index (Phi) is 8.32. The molecule has 0 radical (unpaired) electrons. The summed E-state index contributed by atoms with van der Waals surface area (Å²) in [6.07, 6.45) is 0. The van der Waals surface area contributed by atoms with Gasteiger partial charge in [0.2, 0.25) is 5.91 Å². The number of nitrogens with two attached hydrogens (primary N) is 1. The second-order valence-corrected chi connectivity index (χ2v) is 7.27. The number of nitrogens with one attached hydrogen (secondary N) is 1. The lowest BCUT2D eigenvalue weighted by molar-refractivity contribution is -0.122. The molecule has 2 aromatic rings. The van der Waals surface area contributed by atoms with E-state index in [0.717, 1.165) is 23.6 Å². The van der Waals surface area contributed by atoms with E-state index in [1.165, 1.54) is 5.56 Å². The van der Waals surface area contributed by atoms with Crippen molar-refractivity contribution in [3.8, 4) is 11.5 Å². The van der Waals surface area contributed by atoms with E-state index in [-0.39, 0.29) is 36.3 Å². The van der Waals surface area contributed by atoms with E-state index in [1.807, 2.05) is 43.3 Å². The molecular weight excluding hydrogens is 390 g/mol. The Morgan fingerprint density at radius 3 is 2.55 bits per heavy atom. The maximum absolute atomic E-state index is 12.6. The summed E-state index contributed by atoms with van der Waals surface area (Å²) in [7, 11) is 3.24. The number of methoxy groups -OCH3 is 2. The van der Waals surface area contributed by atoms with Crippen LogP contribution in [0.25, 0.3) is 0 Å². The van der Waals surface area contributed by atoms with E-state index in [1.54, 1.807) is 14.2 Å². The van der Waals surface area contributed by atoms with Crippen molar-refractivity contribution in [2.75, 3.05) is 33.9 Å². The van der Waals surface area contributed by atoms with Gasteiger partial charge >= 0.3 is 0 Å². The van der Waals surface area contributed by atoms with E-state index < -0.39 is 0 Å². The minimum atomic E-state index is -0.196. The van der Waals surface area contributed by atoms with Crippen molar-refractivity contribution in [2.45, 2.75) is 24.9 Å². The molecule has 0 aliphatic carbocycles. The zero-order valence-corrected chi connectivity index (χ0v) is 17.9. The quantitative estimate of drug-likeness (QED) is 0.721. The van der Waals surface area contributed by atoms with Crippen molar-refractivity contribution in [1.29, 1.82) is 0 Å². The van der Waals surface area contributed by atoms with Crippen LogP contribution in [0.4, 0.5) is 0 Å². The normalized spacial score (nSPS) is 19.9. The van der Waals surface area contributed by atoms with E-state index in [0.29, 0.717) is 13.1 Å². The summed E-state index contributed by atoms with van der Waals surface area (Å²) in [6, 6.07) is 15.7. The minimum Gasteiger partial charge on any atom is -0.497 e. The lowest BCUT2D eigenvalue weighted by Gasteiger charge is -2.20. The van der Waals surface area contributed by atoms with Crippen molar-refractivity contribution in [3.05, 3.63) is 59.7 Å². The van der Waals surface area contributed by atoms with Crippen LogP contribution in [-0.2, 0) is 4.79 Å². The van der Waals surface area contributed by atoms with Crippen LogP contribution >= 0.6 is 12.4 Å². The molecule has 3 N–H and O–H groups in total. The van der Waals surface area contributed by atoms with Gasteiger partial charge in [0.05, 0.1) is 26.8 Å². The molecule has 1 heterocycles. The molecule has 0 saturated carbocycles. The summed E-state index contributed by atoms with van der Waals surface area (Å²) >= 11 is 0. The number of hydrogen-bond acceptors (Lipinski definition) is 5. The maximum Gasteiger partial charge on any atom is 0.234 e. The monoisotopic (exact) mass is 419 g/mol. The van der Waals surface area contributed by atoms with Crippen LogP contribution in [0, 0.1) is 0 Å². The van der Waals surface area contributed by atoms with Gasteiger partial charge in [0.1, 0.15) is 11.5 Å². The Bertz CT molecular complexity index is 803. The van der Waals surface area contributed by atoms with Gasteiger partial charge in [0, 0.05) is 30.6 Å². The van der Waals surface area contributed by atoms with Crippen molar-refractivity contribution >= 4 is 18.3 Å². The molecule has 158 valence electrons. The number of nitrogens with zero attached hydrogens (tertiary/aromatic N) is 1. The number of hydrogen-bond donors (Lipinski definition) is 2. The molecular formula is C22H30ClN3O3. The van der Waals surface area contributed by atoms with Gasteiger partial charge in [-0.05, 0) is 30.7 Å². The third kappa shape index (κ3) is 5.63. The Labute approximate surface area is 178 Å². The molecule has 0 spiro atoms. The Hall–Kier alpha value is -2.28. The van der Waals surface area contributed by atoms with Gasteiger partial charge in [0.25, 0.3) is 0 Å². The number of likely N-dealkylation sites (tertiary alicyclic amines) is 1. The van der Waals surface area contributed by atoms with Crippen molar-refractivity contribution in [2.24, 2.45) is 5.73 Å². The number of carbonyl (C=O) groups excluding carboxylic acids is 1. The van der Waals surface area contributed by atoms with Crippen molar-refractivity contribution in [1.82, 2.24) is 10.2 Å². The predicted octanol–water partition coefficient (Wildman–Crippen LogP) is 2.73. The molecule has 1 saturated heterocycles. The number of rotatable bonds is 7. The fraction of sp³-hybridized carbons (Fsp3) is 0.409. The summed E-state index contributed by atoms with van der Waals surface area (Å²) in [6.45, 7) is 3.77. The van der Waals surface area contributed by atoms with Gasteiger partial charge in [-0.25, -0.2) is 0 Å². The molecule has 3 atom stereocenters. The van der Waals surface area contributed by atoms with E-state index in [9.17, 15) is 4.79 Å². The summed E-state index contributed by atoms with van der Waals surface area (Å²) < 4.78 is 10.7. The number of amides is 1. The van der Waals surface area contributed by atoms with Gasteiger partial charge in [-0.1, -0.05) is 30.3 Å². The molecule has 6 nitrogen and oxygen atoms in total. The van der Waals surface area contributed by atoms with Crippen LogP contribution in [0.2, 0.25) is 0 Å². The molecule has 1 unspecified atom stereocenters. The minimum absolute atomic E-state index is 0. The lowest BCUT2D eigenvalue weighted by Crippen LogP contribution is -2.38. The van der Waals surface area contributed by atoms with Gasteiger partial charge in [-0.15, -0.1) is 12.4 Å². The maximum atomic E-state index is 12.6. The fourth-order valence-corrected chi connectivity index (χ4v) is 3.84. The van der Waals surface area contributed by atoms with Crippen LogP contribution < -0.4 is 20.5 Å². The smallest absolute Gasteiger partial charge is 0.234 e. The first kappa shape index (κ1) is 23.0. The number of ether oxygens (including phenoxy) is 2. The third-order valence-corrected chi connectivity index (χ3v) is 5.32. The zero-order valence-electron chi connectivity index (χ0n) is 17.1. The number of benzene rings is 2. The van der Waals surface area contributed by atoms with Crippen LogP contribution in [0.1, 0.15) is 30.0 Å². The average molecular weight is 420 g/mol. The Morgan fingerprint density at radius 2 is 1.90 bits per heavy atom. The first-order valence-corrected chi connectivity index (χ1v) is 9.56. The largest absolute Gasteiger partial charge is 0.497 e. The van der Waals surface area contributed by atoms with Crippen LogP contribution in [0.3, 0.4) is 0 Å². The highest BCUT2D eigenvalue weighted by atomic mass is 35.5. The lowest BCUT2D eigenvalue weighted by atomic mass is 9.95. The summed E-state index contributed by atoms with van der Waals surface area (Å²) in [4.78, 5) is 14.7. The Balaban J connectivity index is 0.00000300. The SMILES string of the molecule is COc1ccc(OC)c(C(C)NC(=O)CN2C[C@@H](N)[C@H](c3ccccc3)C2)c1.Cl. The van der Waals surface area contributed by atoms with Crippen LogP contribution in [0.15, 0.2) is 48.5 Å². The molecule has 7 heteroatoms. The van der Waals surface area contributed by atoms with Gasteiger partial charge < -0.3 is 20.5 Å². The van der Waals surface area contributed by atoms with Crippen LogP contribution in [0.5, 0.6) is 11.5 Å². The van der Waals surface area contributed by atoms with Gasteiger partial charge in [-0.3, -0.25) is 9.69 Å². The molecule has 0 bridgehead atoms. The molecule has 2 aromatic carbocycles. The summed E-state index contributed by atoms with van der Waals surface area (Å²) in [5.74, 6) is 1.68. The predicted molar refractivity (Wildman–Crippen MR) is 117 cm³/mol. The van der Waals surface area contributed by atoms with Crippen molar-refractivity contribution in [3.63, 3.8) is 0 Å². The first-order chi connectivity index (χ1) is 13.5. The molecule has 3 rings (SSSR count). The Morgan fingerprint density at radius 1 is 1.17 bits per heavy atom. The van der Waals surface area contributed by atoms with Crippen molar-refractivity contribution < 1.29 is 14.3 Å². The summed E-state index contributed by atoms with van der Waals surface area (Å²) in [5.41, 5.74) is 8.45. The molecule has 1 fully saturated rings. The highest BCUT2D eigenvalue weighted by Crippen LogP contribution is 2.29. The zero-order chi connectivity index (χ0) is 20.1. The molecule has 1 aliphatic heterocycles. The second-order valence-electron chi connectivity index (χ2n) is 7.27. The second kappa shape index (κ2) is 10.5. The third-order valence-electron chi connectivity index (χ3n) is 5.32. The fourth-order valence-electron chi connectivity index (χ4n) is 3.84. The first-order valence-electron chi connectivity index (χ1n) is 9.56. The topological polar surface area (TPSA) is 76.8 Å². The number of halogens is 1. The van der Waals surface area contributed by atoms with Crippen LogP contribution in [-0.4, -0.2) is 50.7 Å². The highest BCUT2D eigenvalue weighted by molar-refractivity contribution is 5.85. The average Bonchev–Trinajstić information content (AvgIpc) is 3.07. The molecule has 1 amide bonds. The number of carbonyl (C=O) groups is 1. The van der Waals surface area contributed by atoms with E-state index in [4.69, 9.17) is 15.2 Å². The van der Waals surface area contributed by atoms with Gasteiger partial charge in [-0.2, -0.15) is 0 Å². The summed E-state index contributed by atoms with van der Waals surface area (Å²) in [5, 5.41) is 3.06. The highest BCUT2D eigenvalue weighted by Gasteiger charge is 2.32. The molecule has 0 aromatic heterocycles. The standard InChI is InChI=1S/C22H29N3O3.ClH/c1-15(18-11-17(27-2)9-10-21(18)28-3)24-22(26)14-25-12-19(20(23)13-25)16-7-5-4-6-8-16;/h4-11,15,19-20H,12-14,23H2,1-3H3,(H,24,26);1H/t15?,19-,20+;/m0./s1. The van der Waals surface area contributed by atoms with E-state index in [2.05, 4.69) is 22.3 Å². The van der Waals surface area contributed by atoms with Gasteiger partial charge in [0.15, 0.2) is 0 Å².